The van der Waals surface area contributed by atoms with E-state index < -0.39 is 12.1 Å². The number of hydrogen-bond acceptors (Lipinski definition) is 4. The number of rotatable bonds is 2. The molecule has 112 valence electrons. The molecule has 0 bridgehead atoms. The van der Waals surface area contributed by atoms with Gasteiger partial charge in [-0.3, -0.25) is 4.90 Å². The summed E-state index contributed by atoms with van der Waals surface area (Å²) >= 11 is 0. The topological polar surface area (TPSA) is 45.1 Å². The highest BCUT2D eigenvalue weighted by Crippen LogP contribution is 2.23. The van der Waals surface area contributed by atoms with E-state index in [4.69, 9.17) is 4.74 Å². The fraction of sp³-hybridized carbons (Fsp3) is 0.692. The molecule has 0 aromatic rings. The fourth-order valence-corrected chi connectivity index (χ4v) is 2.31. The number of carbonyl (C=O) groups is 1. The third kappa shape index (κ3) is 3.46. The minimum atomic E-state index is -2.98. The van der Waals surface area contributed by atoms with Crippen LogP contribution in [0.15, 0.2) is 17.0 Å². The molecule has 20 heavy (non-hydrogen) atoms. The molecule has 0 aliphatic carbocycles. The SMILES string of the molecule is CC1=NC(OC(=O)N2CCCCC2)=CCN1C(C)(F)F. The molecule has 5 nitrogen and oxygen atoms in total. The van der Waals surface area contributed by atoms with Crippen LogP contribution in [-0.4, -0.2) is 47.4 Å². The van der Waals surface area contributed by atoms with E-state index >= 15 is 0 Å². The van der Waals surface area contributed by atoms with Crippen molar-refractivity contribution in [3.8, 4) is 0 Å². The van der Waals surface area contributed by atoms with E-state index in [1.54, 1.807) is 4.90 Å². The summed E-state index contributed by atoms with van der Waals surface area (Å²) in [5.41, 5.74) is 0. The second-order valence-electron chi connectivity index (χ2n) is 5.07. The van der Waals surface area contributed by atoms with Gasteiger partial charge in [0.2, 0.25) is 5.88 Å². The highest BCUT2D eigenvalue weighted by atomic mass is 19.3. The van der Waals surface area contributed by atoms with Gasteiger partial charge < -0.3 is 9.64 Å². The Morgan fingerprint density at radius 2 is 2.00 bits per heavy atom. The molecule has 2 rings (SSSR count). The number of halogens is 2. The van der Waals surface area contributed by atoms with Crippen molar-refractivity contribution >= 4 is 11.9 Å². The highest BCUT2D eigenvalue weighted by molar-refractivity contribution is 5.82. The Balaban J connectivity index is 1.95. The summed E-state index contributed by atoms with van der Waals surface area (Å²) in [6.45, 7) is 3.60. The van der Waals surface area contributed by atoms with Crippen LogP contribution >= 0.6 is 0 Å². The van der Waals surface area contributed by atoms with Crippen LogP contribution in [-0.2, 0) is 4.74 Å². The smallest absolute Gasteiger partial charge is 0.391 e. The normalized spacial score (nSPS) is 20.4. The number of likely N-dealkylation sites (tertiary alicyclic amines) is 1. The average molecular weight is 287 g/mol. The van der Waals surface area contributed by atoms with E-state index in [2.05, 4.69) is 4.99 Å². The van der Waals surface area contributed by atoms with Gasteiger partial charge in [-0.1, -0.05) is 0 Å². The Morgan fingerprint density at radius 3 is 2.55 bits per heavy atom. The van der Waals surface area contributed by atoms with Gasteiger partial charge in [-0.15, -0.1) is 0 Å². The van der Waals surface area contributed by atoms with Crippen molar-refractivity contribution in [1.29, 1.82) is 0 Å². The Hall–Kier alpha value is -1.66. The first-order valence-corrected chi connectivity index (χ1v) is 6.75. The Bertz CT molecular complexity index is 437. The lowest BCUT2D eigenvalue weighted by atomic mass is 10.1. The van der Waals surface area contributed by atoms with Crippen molar-refractivity contribution < 1.29 is 18.3 Å². The van der Waals surface area contributed by atoms with Crippen molar-refractivity contribution in [1.82, 2.24) is 9.80 Å². The zero-order valence-corrected chi connectivity index (χ0v) is 11.7. The van der Waals surface area contributed by atoms with Gasteiger partial charge in [-0.05, 0) is 32.3 Å². The fourth-order valence-electron chi connectivity index (χ4n) is 2.31. The first-order valence-electron chi connectivity index (χ1n) is 6.75. The summed E-state index contributed by atoms with van der Waals surface area (Å²) in [4.78, 5) is 18.3. The average Bonchev–Trinajstić information content (AvgIpc) is 2.38. The number of hydrogen-bond donors (Lipinski definition) is 0. The molecule has 2 aliphatic heterocycles. The third-order valence-corrected chi connectivity index (χ3v) is 3.39. The number of amidine groups is 1. The first kappa shape index (κ1) is 14.7. The lowest BCUT2D eigenvalue weighted by Crippen LogP contribution is -2.44. The summed E-state index contributed by atoms with van der Waals surface area (Å²) in [5.74, 6) is 0.236. The van der Waals surface area contributed by atoms with E-state index in [0.29, 0.717) is 13.1 Å². The number of aliphatic imine (C=N–C) groups is 1. The quantitative estimate of drug-likeness (QED) is 0.734. The second-order valence-corrected chi connectivity index (χ2v) is 5.07. The summed E-state index contributed by atoms with van der Waals surface area (Å²) < 4.78 is 31.6. The molecule has 0 unspecified atom stereocenters. The molecule has 0 saturated carbocycles. The van der Waals surface area contributed by atoms with Crippen LogP contribution in [0.5, 0.6) is 0 Å². The first-order chi connectivity index (χ1) is 9.38. The van der Waals surface area contributed by atoms with Crippen LogP contribution in [0.4, 0.5) is 13.6 Å². The van der Waals surface area contributed by atoms with E-state index in [-0.39, 0.29) is 18.3 Å². The summed E-state index contributed by atoms with van der Waals surface area (Å²) in [6.07, 6.45) is 3.99. The lowest BCUT2D eigenvalue weighted by Gasteiger charge is -2.31. The van der Waals surface area contributed by atoms with Gasteiger partial charge in [0.15, 0.2) is 0 Å². The molecular formula is C13H19F2N3O2. The van der Waals surface area contributed by atoms with Gasteiger partial charge in [-0.25, -0.2) is 9.79 Å². The molecule has 0 N–H and O–H groups in total. The molecule has 1 amide bonds. The minimum absolute atomic E-state index is 0.0263. The van der Waals surface area contributed by atoms with Crippen LogP contribution in [0.3, 0.4) is 0 Å². The number of amides is 1. The summed E-state index contributed by atoms with van der Waals surface area (Å²) in [6, 6.07) is -2.98. The van der Waals surface area contributed by atoms with E-state index in [1.165, 1.54) is 13.0 Å². The second kappa shape index (κ2) is 5.76. The number of ether oxygens (including phenoxy) is 1. The molecule has 2 heterocycles. The maximum Gasteiger partial charge on any atom is 0.416 e. The third-order valence-electron chi connectivity index (χ3n) is 3.39. The molecule has 0 aromatic heterocycles. The molecule has 0 atom stereocenters. The van der Waals surface area contributed by atoms with Gasteiger partial charge in [0, 0.05) is 26.6 Å². The Morgan fingerprint density at radius 1 is 1.35 bits per heavy atom. The van der Waals surface area contributed by atoms with E-state index in [1.807, 2.05) is 0 Å². The zero-order valence-electron chi connectivity index (χ0n) is 11.7. The molecule has 0 radical (unpaired) electrons. The number of carbonyl (C=O) groups excluding carboxylic acids is 1. The van der Waals surface area contributed by atoms with Crippen LogP contribution in [0.1, 0.15) is 33.1 Å². The summed E-state index contributed by atoms with van der Waals surface area (Å²) in [5, 5.41) is 0. The van der Waals surface area contributed by atoms with Crippen molar-refractivity contribution in [2.45, 2.75) is 39.2 Å². The molecular weight excluding hydrogens is 268 g/mol. The van der Waals surface area contributed by atoms with Gasteiger partial charge in [0.1, 0.15) is 5.84 Å². The van der Waals surface area contributed by atoms with Gasteiger partial charge in [0.25, 0.3) is 0 Å². The van der Waals surface area contributed by atoms with Crippen molar-refractivity contribution in [2.24, 2.45) is 4.99 Å². The van der Waals surface area contributed by atoms with Gasteiger partial charge in [-0.2, -0.15) is 8.78 Å². The Kier molecular flexibility index (Phi) is 4.25. The molecule has 7 heteroatoms. The molecule has 0 spiro atoms. The van der Waals surface area contributed by atoms with Gasteiger partial charge in [0.05, 0.1) is 0 Å². The lowest BCUT2D eigenvalue weighted by molar-refractivity contribution is -0.0879. The van der Waals surface area contributed by atoms with Crippen LogP contribution in [0.2, 0.25) is 0 Å². The predicted octanol–water partition coefficient (Wildman–Crippen LogP) is 2.80. The molecule has 1 fully saturated rings. The van der Waals surface area contributed by atoms with Crippen LogP contribution in [0.25, 0.3) is 0 Å². The number of alkyl halides is 2. The van der Waals surface area contributed by atoms with Crippen molar-refractivity contribution in [3.05, 3.63) is 12.0 Å². The monoisotopic (exact) mass is 287 g/mol. The van der Waals surface area contributed by atoms with Crippen LogP contribution < -0.4 is 0 Å². The predicted molar refractivity (Wildman–Crippen MR) is 70.4 cm³/mol. The van der Waals surface area contributed by atoms with Gasteiger partial charge >= 0.3 is 12.1 Å². The highest BCUT2D eigenvalue weighted by Gasteiger charge is 2.33. The summed E-state index contributed by atoms with van der Waals surface area (Å²) in [7, 11) is 0. The molecule has 0 aromatic carbocycles. The standard InChI is InChI=1S/C13H19F2N3O2/c1-10-16-11(6-9-18(10)13(2,14)15)20-12(19)17-7-4-3-5-8-17/h6H,3-5,7-9H2,1-2H3. The molecule has 2 aliphatic rings. The zero-order chi connectivity index (χ0) is 14.8. The maximum atomic E-state index is 13.2. The largest absolute Gasteiger partial charge is 0.416 e. The Labute approximate surface area is 116 Å². The maximum absolute atomic E-state index is 13.2. The van der Waals surface area contributed by atoms with Crippen molar-refractivity contribution in [2.75, 3.05) is 19.6 Å². The molecule has 1 saturated heterocycles. The van der Waals surface area contributed by atoms with E-state index in [0.717, 1.165) is 31.1 Å². The van der Waals surface area contributed by atoms with Crippen LogP contribution in [0, 0.1) is 0 Å². The van der Waals surface area contributed by atoms with E-state index in [9.17, 15) is 13.6 Å². The number of nitrogens with zero attached hydrogens (tertiary/aromatic N) is 3. The number of piperidine rings is 1. The minimum Gasteiger partial charge on any atom is -0.391 e. The van der Waals surface area contributed by atoms with Crippen molar-refractivity contribution in [3.63, 3.8) is 0 Å².